The first-order chi connectivity index (χ1) is 6.23. The maximum atomic E-state index is 10.9. The van der Waals surface area contributed by atoms with Gasteiger partial charge in [-0.05, 0) is 31.7 Å². The molecule has 1 unspecified atom stereocenters. The van der Waals surface area contributed by atoms with Crippen molar-refractivity contribution >= 4 is 5.91 Å². The zero-order chi connectivity index (χ0) is 9.31. The molecule has 3 heteroatoms. The Hall–Kier alpha value is -0.570. The molecule has 0 aromatic rings. The second-order valence-electron chi connectivity index (χ2n) is 4.45. The van der Waals surface area contributed by atoms with Crippen LogP contribution in [-0.4, -0.2) is 18.0 Å². The average molecular weight is 182 g/mol. The fourth-order valence-corrected chi connectivity index (χ4v) is 3.05. The van der Waals surface area contributed by atoms with Crippen molar-refractivity contribution in [2.75, 3.05) is 6.54 Å². The Morgan fingerprint density at radius 2 is 2.15 bits per heavy atom. The largest absolute Gasteiger partial charge is 0.370 e. The number of carbonyl (C=O) groups is 1. The first kappa shape index (κ1) is 9.00. The van der Waals surface area contributed by atoms with Gasteiger partial charge < -0.3 is 11.1 Å². The Labute approximate surface area is 79.1 Å². The Kier molecular flexibility index (Phi) is 2.28. The summed E-state index contributed by atoms with van der Waals surface area (Å²) in [5.74, 6) is 0.368. The number of amides is 1. The number of carbonyl (C=O) groups excluding carboxylic acids is 1. The summed E-state index contributed by atoms with van der Waals surface area (Å²) in [6, 6.07) is 0. The van der Waals surface area contributed by atoms with Gasteiger partial charge in [0.25, 0.3) is 0 Å². The molecule has 1 atom stereocenters. The number of nitrogens with one attached hydrogen (secondary N) is 1. The fourth-order valence-electron chi connectivity index (χ4n) is 3.05. The lowest BCUT2D eigenvalue weighted by Gasteiger charge is -2.30. The van der Waals surface area contributed by atoms with Crippen LogP contribution in [0.15, 0.2) is 0 Å². The lowest BCUT2D eigenvalue weighted by atomic mass is 9.82. The van der Waals surface area contributed by atoms with Crippen molar-refractivity contribution in [3.63, 3.8) is 0 Å². The molecule has 1 amide bonds. The Morgan fingerprint density at radius 1 is 1.46 bits per heavy atom. The highest BCUT2D eigenvalue weighted by molar-refractivity contribution is 5.74. The molecule has 0 aromatic carbocycles. The number of hydrogen-bond acceptors (Lipinski definition) is 2. The van der Waals surface area contributed by atoms with Crippen LogP contribution in [0, 0.1) is 5.92 Å². The zero-order valence-corrected chi connectivity index (χ0v) is 8.01. The topological polar surface area (TPSA) is 55.1 Å². The van der Waals surface area contributed by atoms with Crippen LogP contribution in [0.4, 0.5) is 0 Å². The minimum Gasteiger partial charge on any atom is -0.370 e. The van der Waals surface area contributed by atoms with Crippen molar-refractivity contribution in [2.24, 2.45) is 11.7 Å². The number of hydrogen-bond donors (Lipinski definition) is 2. The summed E-state index contributed by atoms with van der Waals surface area (Å²) in [7, 11) is 0. The van der Waals surface area contributed by atoms with Crippen molar-refractivity contribution in [3.8, 4) is 0 Å². The molecule has 13 heavy (non-hydrogen) atoms. The summed E-state index contributed by atoms with van der Waals surface area (Å²) in [4.78, 5) is 10.9. The van der Waals surface area contributed by atoms with Gasteiger partial charge in [-0.15, -0.1) is 0 Å². The van der Waals surface area contributed by atoms with Gasteiger partial charge in [0.05, 0.1) is 0 Å². The van der Waals surface area contributed by atoms with E-state index in [4.69, 9.17) is 5.73 Å². The maximum Gasteiger partial charge on any atom is 0.217 e. The summed E-state index contributed by atoms with van der Waals surface area (Å²) in [5.41, 5.74) is 5.54. The second-order valence-corrected chi connectivity index (χ2v) is 4.45. The number of nitrogens with two attached hydrogens (primary N) is 1. The highest BCUT2D eigenvalue weighted by Crippen LogP contribution is 2.42. The number of rotatable bonds is 2. The van der Waals surface area contributed by atoms with E-state index in [-0.39, 0.29) is 11.4 Å². The summed E-state index contributed by atoms with van der Waals surface area (Å²) < 4.78 is 0. The predicted octanol–water partition coefficient (Wildman–Crippen LogP) is 0.784. The molecule has 1 saturated heterocycles. The molecule has 1 saturated carbocycles. The third kappa shape index (κ3) is 1.57. The lowest BCUT2D eigenvalue weighted by Crippen LogP contribution is -2.43. The SMILES string of the molecule is NC(=O)CC1CCNC12CCCC2. The van der Waals surface area contributed by atoms with E-state index in [1.165, 1.54) is 25.7 Å². The van der Waals surface area contributed by atoms with Crippen LogP contribution in [0.3, 0.4) is 0 Å². The monoisotopic (exact) mass is 182 g/mol. The Morgan fingerprint density at radius 3 is 2.77 bits per heavy atom. The smallest absolute Gasteiger partial charge is 0.217 e. The minimum atomic E-state index is -0.139. The maximum absolute atomic E-state index is 10.9. The average Bonchev–Trinajstić information content (AvgIpc) is 2.64. The van der Waals surface area contributed by atoms with Crippen LogP contribution in [0.1, 0.15) is 38.5 Å². The Bertz CT molecular complexity index is 203. The second kappa shape index (κ2) is 3.29. The molecule has 1 aliphatic heterocycles. The molecular formula is C10H18N2O. The van der Waals surface area contributed by atoms with Crippen LogP contribution < -0.4 is 11.1 Å². The molecule has 0 radical (unpaired) electrons. The summed E-state index contributed by atoms with van der Waals surface area (Å²) in [5, 5.41) is 3.58. The van der Waals surface area contributed by atoms with Gasteiger partial charge in [-0.25, -0.2) is 0 Å². The standard InChI is InChI=1S/C10H18N2O/c11-9(13)7-8-3-6-12-10(8)4-1-2-5-10/h8,12H,1-7H2,(H2,11,13). The minimum absolute atomic E-state index is 0.139. The van der Waals surface area contributed by atoms with Gasteiger partial charge in [-0.2, -0.15) is 0 Å². The van der Waals surface area contributed by atoms with Gasteiger partial charge in [0.15, 0.2) is 0 Å². The quantitative estimate of drug-likeness (QED) is 0.663. The predicted molar refractivity (Wildman–Crippen MR) is 51.1 cm³/mol. The van der Waals surface area contributed by atoms with E-state index < -0.39 is 0 Å². The molecule has 2 fully saturated rings. The summed E-state index contributed by atoms with van der Waals surface area (Å²) in [6.07, 6.45) is 6.80. The van der Waals surface area contributed by atoms with Gasteiger partial charge in [-0.3, -0.25) is 4.79 Å². The van der Waals surface area contributed by atoms with Crippen molar-refractivity contribution < 1.29 is 4.79 Å². The van der Waals surface area contributed by atoms with E-state index in [2.05, 4.69) is 5.32 Å². The molecule has 3 N–H and O–H groups in total. The van der Waals surface area contributed by atoms with E-state index in [0.29, 0.717) is 12.3 Å². The third-order valence-electron chi connectivity index (χ3n) is 3.69. The lowest BCUT2D eigenvalue weighted by molar-refractivity contribution is -0.119. The van der Waals surface area contributed by atoms with E-state index >= 15 is 0 Å². The molecule has 1 aliphatic carbocycles. The van der Waals surface area contributed by atoms with Gasteiger partial charge >= 0.3 is 0 Å². The van der Waals surface area contributed by atoms with Crippen LogP contribution in [-0.2, 0) is 4.79 Å². The molecule has 3 nitrogen and oxygen atoms in total. The Balaban J connectivity index is 2.04. The molecule has 1 heterocycles. The van der Waals surface area contributed by atoms with Crippen molar-refractivity contribution in [3.05, 3.63) is 0 Å². The fraction of sp³-hybridized carbons (Fsp3) is 0.900. The highest BCUT2D eigenvalue weighted by Gasteiger charge is 2.44. The van der Waals surface area contributed by atoms with Gasteiger partial charge in [-0.1, -0.05) is 12.8 Å². The molecule has 0 bridgehead atoms. The van der Waals surface area contributed by atoms with E-state index in [9.17, 15) is 4.79 Å². The molecular weight excluding hydrogens is 164 g/mol. The zero-order valence-electron chi connectivity index (χ0n) is 8.01. The summed E-state index contributed by atoms with van der Waals surface area (Å²) >= 11 is 0. The van der Waals surface area contributed by atoms with Crippen molar-refractivity contribution in [2.45, 2.75) is 44.1 Å². The van der Waals surface area contributed by atoms with Gasteiger partial charge in [0.1, 0.15) is 0 Å². The molecule has 74 valence electrons. The van der Waals surface area contributed by atoms with Crippen LogP contribution in [0.25, 0.3) is 0 Å². The van der Waals surface area contributed by atoms with Gasteiger partial charge in [0, 0.05) is 12.0 Å². The van der Waals surface area contributed by atoms with Crippen molar-refractivity contribution in [1.82, 2.24) is 5.32 Å². The van der Waals surface area contributed by atoms with Crippen molar-refractivity contribution in [1.29, 1.82) is 0 Å². The van der Waals surface area contributed by atoms with E-state index in [1.54, 1.807) is 0 Å². The molecule has 1 spiro atoms. The normalized spacial score (nSPS) is 31.2. The number of primary amides is 1. The molecule has 2 rings (SSSR count). The van der Waals surface area contributed by atoms with E-state index in [0.717, 1.165) is 13.0 Å². The summed E-state index contributed by atoms with van der Waals surface area (Å²) in [6.45, 7) is 1.07. The van der Waals surface area contributed by atoms with Crippen LogP contribution in [0.2, 0.25) is 0 Å². The molecule has 0 aromatic heterocycles. The first-order valence-electron chi connectivity index (χ1n) is 5.26. The van der Waals surface area contributed by atoms with Crippen LogP contribution in [0.5, 0.6) is 0 Å². The van der Waals surface area contributed by atoms with Gasteiger partial charge in [0.2, 0.25) is 5.91 Å². The highest BCUT2D eigenvalue weighted by atomic mass is 16.1. The molecule has 2 aliphatic rings. The third-order valence-corrected chi connectivity index (χ3v) is 3.69. The van der Waals surface area contributed by atoms with Crippen LogP contribution >= 0.6 is 0 Å². The first-order valence-corrected chi connectivity index (χ1v) is 5.26. The van der Waals surface area contributed by atoms with E-state index in [1.807, 2.05) is 0 Å².